The predicted octanol–water partition coefficient (Wildman–Crippen LogP) is 2.96. The van der Waals surface area contributed by atoms with Crippen LogP contribution < -0.4 is 19.1 Å². The lowest BCUT2D eigenvalue weighted by molar-refractivity contribution is -0.917. The first-order chi connectivity index (χ1) is 14.0. The lowest BCUT2D eigenvalue weighted by Gasteiger charge is -2.13. The van der Waals surface area contributed by atoms with E-state index < -0.39 is 0 Å². The number of hydrogen-bond acceptors (Lipinski definition) is 6. The second kappa shape index (κ2) is 9.58. The van der Waals surface area contributed by atoms with Crippen LogP contribution in [0.25, 0.3) is 11.5 Å². The molecular weight excluding hydrogens is 390 g/mol. The second-order valence-corrected chi connectivity index (χ2v) is 6.99. The summed E-state index contributed by atoms with van der Waals surface area (Å²) in [5.41, 5.74) is 1.95. The van der Waals surface area contributed by atoms with E-state index in [4.69, 9.17) is 30.8 Å². The highest BCUT2D eigenvalue weighted by Gasteiger charge is 2.14. The van der Waals surface area contributed by atoms with Crippen molar-refractivity contribution < 1.29 is 23.5 Å². The second-order valence-electron chi connectivity index (χ2n) is 6.64. The van der Waals surface area contributed by atoms with E-state index in [0.717, 1.165) is 17.9 Å². The zero-order valence-electron chi connectivity index (χ0n) is 17.1. The highest BCUT2D eigenvalue weighted by atomic mass is 32.1. The summed E-state index contributed by atoms with van der Waals surface area (Å²) in [5.74, 6) is 2.63. The standard InChI is InChI=1S/C21H25N3O4S/c1-5-27-17-8-6-15(7-9-17)13-23(2)14-24-21(29)28-20(22-24)16-10-18(25-3)12-19(11-16)26-4/h6-12H,5,13-14H2,1-4H3/p+1. The molecule has 2 aromatic carbocycles. The minimum atomic E-state index is 0.327. The first-order valence-electron chi connectivity index (χ1n) is 9.36. The van der Waals surface area contributed by atoms with Crippen molar-refractivity contribution >= 4 is 12.2 Å². The third-order valence-corrected chi connectivity index (χ3v) is 4.66. The molecule has 0 spiro atoms. The zero-order valence-corrected chi connectivity index (χ0v) is 17.9. The number of benzene rings is 2. The summed E-state index contributed by atoms with van der Waals surface area (Å²) in [6.45, 7) is 4.04. The van der Waals surface area contributed by atoms with Gasteiger partial charge in [-0.05, 0) is 55.5 Å². The Labute approximate surface area is 175 Å². The van der Waals surface area contributed by atoms with Gasteiger partial charge < -0.3 is 23.5 Å². The van der Waals surface area contributed by atoms with Crippen LogP contribution in [-0.2, 0) is 13.2 Å². The molecule has 0 amide bonds. The number of nitrogens with one attached hydrogen (secondary N) is 1. The normalized spacial score (nSPS) is 11.9. The van der Waals surface area contributed by atoms with E-state index in [0.29, 0.717) is 35.5 Å². The van der Waals surface area contributed by atoms with E-state index in [1.165, 1.54) is 10.5 Å². The predicted molar refractivity (Wildman–Crippen MR) is 112 cm³/mol. The van der Waals surface area contributed by atoms with Gasteiger partial charge in [0.25, 0.3) is 4.84 Å². The van der Waals surface area contributed by atoms with Gasteiger partial charge in [0.2, 0.25) is 5.89 Å². The monoisotopic (exact) mass is 416 g/mol. The fourth-order valence-electron chi connectivity index (χ4n) is 2.98. The van der Waals surface area contributed by atoms with Crippen LogP contribution in [0.2, 0.25) is 0 Å². The molecule has 0 radical (unpaired) electrons. The van der Waals surface area contributed by atoms with Crippen molar-refractivity contribution in [2.24, 2.45) is 0 Å². The topological polar surface area (TPSA) is 63.1 Å². The summed E-state index contributed by atoms with van der Waals surface area (Å²) in [7, 11) is 5.29. The lowest BCUT2D eigenvalue weighted by Crippen LogP contribution is -3.07. The van der Waals surface area contributed by atoms with E-state index >= 15 is 0 Å². The molecule has 3 aromatic rings. The molecule has 29 heavy (non-hydrogen) atoms. The zero-order chi connectivity index (χ0) is 20.8. The van der Waals surface area contributed by atoms with Crippen LogP contribution in [0.1, 0.15) is 12.5 Å². The van der Waals surface area contributed by atoms with Crippen LogP contribution in [-0.4, -0.2) is 37.7 Å². The van der Waals surface area contributed by atoms with Crippen LogP contribution in [0.4, 0.5) is 0 Å². The Hall–Kier alpha value is -2.84. The third kappa shape index (κ3) is 5.36. The molecule has 1 heterocycles. The van der Waals surface area contributed by atoms with E-state index in [9.17, 15) is 0 Å². The number of aromatic nitrogens is 2. The summed E-state index contributed by atoms with van der Waals surface area (Å²) < 4.78 is 23.5. The van der Waals surface area contributed by atoms with Gasteiger partial charge in [0.15, 0.2) is 6.67 Å². The number of nitrogens with zero attached hydrogens (tertiary/aromatic N) is 2. The minimum absolute atomic E-state index is 0.327. The highest BCUT2D eigenvalue weighted by Crippen LogP contribution is 2.28. The summed E-state index contributed by atoms with van der Waals surface area (Å²) in [6, 6.07) is 13.6. The molecule has 7 nitrogen and oxygen atoms in total. The Morgan fingerprint density at radius 3 is 2.28 bits per heavy atom. The van der Waals surface area contributed by atoms with E-state index in [2.05, 4.69) is 24.3 Å². The maximum absolute atomic E-state index is 5.72. The SMILES string of the molecule is CCOc1ccc(C[NH+](C)Cn2nc(-c3cc(OC)cc(OC)c3)oc2=S)cc1. The van der Waals surface area contributed by atoms with Crippen molar-refractivity contribution in [2.45, 2.75) is 20.1 Å². The number of rotatable bonds is 9. The van der Waals surface area contributed by atoms with Crippen LogP contribution in [0.3, 0.4) is 0 Å². The molecule has 1 N–H and O–H groups in total. The molecule has 0 saturated carbocycles. The fourth-order valence-corrected chi connectivity index (χ4v) is 3.17. The molecule has 0 aliphatic rings. The van der Waals surface area contributed by atoms with Crippen molar-refractivity contribution in [3.63, 3.8) is 0 Å². The average molecular weight is 417 g/mol. The largest absolute Gasteiger partial charge is 0.497 e. The number of hydrogen-bond donors (Lipinski definition) is 1. The van der Waals surface area contributed by atoms with Gasteiger partial charge in [0, 0.05) is 17.2 Å². The minimum Gasteiger partial charge on any atom is -0.497 e. The Balaban J connectivity index is 1.72. The van der Waals surface area contributed by atoms with Crippen molar-refractivity contribution in [1.82, 2.24) is 9.78 Å². The molecule has 0 fully saturated rings. The first kappa shape index (κ1) is 20.9. The van der Waals surface area contributed by atoms with Gasteiger partial charge in [-0.25, -0.2) is 0 Å². The van der Waals surface area contributed by atoms with Crippen LogP contribution in [0, 0.1) is 4.84 Å². The maximum Gasteiger partial charge on any atom is 0.292 e. The van der Waals surface area contributed by atoms with Gasteiger partial charge >= 0.3 is 0 Å². The maximum atomic E-state index is 5.72. The van der Waals surface area contributed by atoms with Crippen molar-refractivity contribution in [3.8, 4) is 28.7 Å². The molecule has 0 saturated heterocycles. The summed E-state index contributed by atoms with van der Waals surface area (Å²) >= 11 is 5.37. The quantitative estimate of drug-likeness (QED) is 0.541. The van der Waals surface area contributed by atoms with Gasteiger partial charge in [-0.3, -0.25) is 0 Å². The van der Waals surface area contributed by atoms with Crippen molar-refractivity contribution in [2.75, 3.05) is 27.9 Å². The molecule has 0 bridgehead atoms. The van der Waals surface area contributed by atoms with E-state index in [1.54, 1.807) is 25.0 Å². The molecule has 1 atom stereocenters. The lowest BCUT2D eigenvalue weighted by atomic mass is 10.2. The molecule has 8 heteroatoms. The highest BCUT2D eigenvalue weighted by molar-refractivity contribution is 7.71. The molecule has 1 aromatic heterocycles. The smallest absolute Gasteiger partial charge is 0.292 e. The Morgan fingerprint density at radius 1 is 1.03 bits per heavy atom. The van der Waals surface area contributed by atoms with E-state index in [-0.39, 0.29) is 0 Å². The number of ether oxygens (including phenoxy) is 3. The molecule has 1 unspecified atom stereocenters. The van der Waals surface area contributed by atoms with Crippen LogP contribution in [0.15, 0.2) is 46.9 Å². The first-order valence-corrected chi connectivity index (χ1v) is 9.77. The summed E-state index contributed by atoms with van der Waals surface area (Å²) in [5, 5.41) is 4.54. The summed E-state index contributed by atoms with van der Waals surface area (Å²) in [6.07, 6.45) is 0. The Bertz CT molecular complexity index is 976. The van der Waals surface area contributed by atoms with Gasteiger partial charge in [-0.15, -0.1) is 5.10 Å². The fraction of sp³-hybridized carbons (Fsp3) is 0.333. The van der Waals surface area contributed by atoms with Crippen molar-refractivity contribution in [3.05, 3.63) is 52.9 Å². The van der Waals surface area contributed by atoms with E-state index in [1.807, 2.05) is 31.2 Å². The van der Waals surface area contributed by atoms with Crippen LogP contribution >= 0.6 is 12.2 Å². The molecule has 3 rings (SSSR count). The van der Waals surface area contributed by atoms with Crippen molar-refractivity contribution in [1.29, 1.82) is 0 Å². The number of quaternary nitrogens is 1. The Kier molecular flexibility index (Phi) is 6.90. The average Bonchev–Trinajstić information content (AvgIpc) is 3.09. The Morgan fingerprint density at radius 2 is 1.69 bits per heavy atom. The molecular formula is C21H26N3O4S+. The van der Waals surface area contributed by atoms with Gasteiger partial charge in [-0.2, -0.15) is 4.68 Å². The third-order valence-electron chi connectivity index (χ3n) is 4.36. The molecule has 0 aliphatic heterocycles. The number of methoxy groups -OCH3 is 2. The molecule has 0 aliphatic carbocycles. The summed E-state index contributed by atoms with van der Waals surface area (Å²) in [4.78, 5) is 1.54. The molecule has 154 valence electrons. The van der Waals surface area contributed by atoms with Gasteiger partial charge in [0.05, 0.1) is 27.9 Å². The van der Waals surface area contributed by atoms with Gasteiger partial charge in [-0.1, -0.05) is 0 Å². The van der Waals surface area contributed by atoms with Crippen LogP contribution in [0.5, 0.6) is 17.2 Å². The van der Waals surface area contributed by atoms with Gasteiger partial charge in [0.1, 0.15) is 23.8 Å².